The number of ether oxygens (including phenoxy) is 1. The van der Waals surface area contributed by atoms with Crippen molar-refractivity contribution < 1.29 is 19.4 Å². The van der Waals surface area contributed by atoms with Crippen molar-refractivity contribution in [2.45, 2.75) is 84.0 Å². The summed E-state index contributed by atoms with van der Waals surface area (Å²) in [5.74, 6) is 1.40. The number of nitrogens with one attached hydrogen (secondary N) is 1. The summed E-state index contributed by atoms with van der Waals surface area (Å²) in [5.41, 5.74) is 7.40. The van der Waals surface area contributed by atoms with Crippen LogP contribution in [0, 0.1) is 18.8 Å². The van der Waals surface area contributed by atoms with Crippen molar-refractivity contribution in [3.63, 3.8) is 0 Å². The Morgan fingerprint density at radius 1 is 1.21 bits per heavy atom. The Labute approximate surface area is 258 Å². The Morgan fingerprint density at radius 2 is 2.02 bits per heavy atom. The highest BCUT2D eigenvalue weighted by molar-refractivity contribution is 5.72. The van der Waals surface area contributed by atoms with E-state index in [0.717, 1.165) is 58.0 Å². The van der Waals surface area contributed by atoms with Gasteiger partial charge in [-0.2, -0.15) is 0 Å². The monoisotopic (exact) mass is 589 g/mol. The van der Waals surface area contributed by atoms with Crippen molar-refractivity contribution in [3.8, 4) is 0 Å². The second-order valence-corrected chi connectivity index (χ2v) is 12.5. The van der Waals surface area contributed by atoms with Gasteiger partial charge in [-0.1, -0.05) is 61.4 Å². The highest BCUT2D eigenvalue weighted by Gasteiger charge is 2.38. The van der Waals surface area contributed by atoms with Gasteiger partial charge in [-0.15, -0.1) is 0 Å². The van der Waals surface area contributed by atoms with Crippen molar-refractivity contribution in [1.82, 2.24) is 10.2 Å². The molecule has 2 aromatic rings. The third-order valence-corrected chi connectivity index (χ3v) is 9.57. The first-order chi connectivity index (χ1) is 20.7. The van der Waals surface area contributed by atoms with E-state index in [0.29, 0.717) is 36.3 Å². The molecule has 2 N–H and O–H groups in total. The molecule has 0 spiro atoms. The molecule has 7 heteroatoms. The van der Waals surface area contributed by atoms with Crippen molar-refractivity contribution >= 4 is 18.0 Å². The molecular weight excluding hydrogens is 538 g/mol. The van der Waals surface area contributed by atoms with Crippen LogP contribution in [-0.2, 0) is 27.2 Å². The predicted molar refractivity (Wildman–Crippen MR) is 173 cm³/mol. The molecule has 234 valence electrons. The van der Waals surface area contributed by atoms with Gasteiger partial charge in [-0.05, 0) is 80.0 Å². The number of hydrogen-bond acceptors (Lipinski definition) is 5. The number of fused-ring (bicyclic) bond motifs is 1. The fourth-order valence-electron chi connectivity index (χ4n) is 6.84. The maximum Gasteiger partial charge on any atom is 0.219 e. The second kappa shape index (κ2) is 15.5. The predicted octanol–water partition coefficient (Wildman–Crippen LogP) is 5.69. The van der Waals surface area contributed by atoms with Crippen LogP contribution in [0.2, 0.25) is 0 Å². The lowest BCUT2D eigenvalue weighted by Crippen LogP contribution is -2.44. The van der Waals surface area contributed by atoms with Crippen molar-refractivity contribution in [2.75, 3.05) is 38.7 Å². The van der Waals surface area contributed by atoms with Crippen LogP contribution >= 0.6 is 0 Å². The summed E-state index contributed by atoms with van der Waals surface area (Å²) in [6.07, 6.45) is 11.3. The minimum atomic E-state index is -1.03. The summed E-state index contributed by atoms with van der Waals surface area (Å²) >= 11 is 0. The van der Waals surface area contributed by atoms with E-state index in [4.69, 9.17) is 4.74 Å². The minimum Gasteiger partial charge on any atom is -0.377 e. The molecular formula is C36H51N3O4. The van der Waals surface area contributed by atoms with E-state index in [2.05, 4.69) is 66.5 Å². The third-order valence-electron chi connectivity index (χ3n) is 9.57. The van der Waals surface area contributed by atoms with E-state index < -0.39 is 6.23 Å². The number of aryl methyl sites for hydroxylation is 3. The number of amides is 2. The van der Waals surface area contributed by atoms with Gasteiger partial charge in [-0.3, -0.25) is 9.59 Å². The van der Waals surface area contributed by atoms with Gasteiger partial charge in [0.25, 0.3) is 0 Å². The first-order valence-corrected chi connectivity index (χ1v) is 16.0. The molecule has 7 nitrogen and oxygen atoms in total. The lowest BCUT2D eigenvalue weighted by Gasteiger charge is -2.44. The lowest BCUT2D eigenvalue weighted by atomic mass is 9.70. The van der Waals surface area contributed by atoms with Crippen molar-refractivity contribution in [2.24, 2.45) is 11.8 Å². The number of hydrogen-bond donors (Lipinski definition) is 2. The topological polar surface area (TPSA) is 82.1 Å². The highest BCUT2D eigenvalue weighted by atomic mass is 16.5. The van der Waals surface area contributed by atoms with Crippen LogP contribution < -0.4 is 10.2 Å². The zero-order valence-electron chi connectivity index (χ0n) is 26.7. The minimum absolute atomic E-state index is 0.0434. The van der Waals surface area contributed by atoms with Crippen molar-refractivity contribution in [3.05, 3.63) is 76.4 Å². The summed E-state index contributed by atoms with van der Waals surface area (Å²) in [5, 5.41) is 13.1. The number of nitrogens with zero attached hydrogens (tertiary/aromatic N) is 2. The van der Waals surface area contributed by atoms with Crippen LogP contribution in [0.4, 0.5) is 5.69 Å². The summed E-state index contributed by atoms with van der Waals surface area (Å²) < 4.78 is 5.98. The number of benzene rings is 2. The molecule has 0 saturated heterocycles. The molecule has 5 atom stereocenters. The van der Waals surface area contributed by atoms with E-state index in [1.807, 2.05) is 13.1 Å². The largest absolute Gasteiger partial charge is 0.377 e. The smallest absolute Gasteiger partial charge is 0.219 e. The van der Waals surface area contributed by atoms with Gasteiger partial charge >= 0.3 is 0 Å². The molecule has 0 bridgehead atoms. The van der Waals surface area contributed by atoms with E-state index in [9.17, 15) is 14.7 Å². The molecule has 1 aliphatic heterocycles. The fourth-order valence-corrected chi connectivity index (χ4v) is 6.84. The Balaban J connectivity index is 1.59. The number of methoxy groups -OCH3 is 1. The van der Waals surface area contributed by atoms with E-state index in [1.165, 1.54) is 27.9 Å². The fraction of sp³-hybridized carbons (Fsp3) is 0.556. The Kier molecular flexibility index (Phi) is 11.8. The Bertz CT molecular complexity index is 1260. The van der Waals surface area contributed by atoms with Crippen LogP contribution in [-0.4, -0.2) is 62.2 Å². The van der Waals surface area contributed by atoms with E-state index in [-0.39, 0.29) is 12.0 Å². The average Bonchev–Trinajstić information content (AvgIpc) is 3.16. The molecule has 2 amide bonds. The lowest BCUT2D eigenvalue weighted by molar-refractivity contribution is -0.127. The molecule has 0 radical (unpaired) electrons. The van der Waals surface area contributed by atoms with E-state index >= 15 is 0 Å². The molecule has 1 fully saturated rings. The number of anilines is 1. The number of aliphatic hydroxyl groups excluding tert-OH is 1. The van der Waals surface area contributed by atoms with Gasteiger partial charge in [0, 0.05) is 57.9 Å². The summed E-state index contributed by atoms with van der Waals surface area (Å²) in [4.78, 5) is 26.9. The van der Waals surface area contributed by atoms with Crippen LogP contribution in [0.15, 0.2) is 48.6 Å². The summed E-state index contributed by atoms with van der Waals surface area (Å²) in [6.45, 7) is 8.57. The van der Waals surface area contributed by atoms with Crippen LogP contribution in [0.25, 0.3) is 0 Å². The quantitative estimate of drug-likeness (QED) is 0.168. The maximum atomic E-state index is 11.5. The summed E-state index contributed by atoms with van der Waals surface area (Å²) in [7, 11) is 3.63. The molecule has 1 aliphatic carbocycles. The molecule has 2 aromatic carbocycles. The standard InChI is InChI=1S/C36H51N3O4/c1-6-9-28-20-25(2)11-17-32(28)30-15-13-27-12-14-29(36(42)37-24-40)21-34(27)39(22-30)23-31-16-18-33(31)35(43-5)10-7-8-19-38(4)26(3)41/h7,10-12,14,17,20-21,24,30-31,33,35-36,42H,6,8-9,13,15-16,18-19,22-23H2,1-5H3,(H,37,40)/b10-7+. The zero-order valence-corrected chi connectivity index (χ0v) is 26.7. The van der Waals surface area contributed by atoms with Gasteiger partial charge in [0.15, 0.2) is 6.23 Å². The zero-order chi connectivity index (χ0) is 30.9. The van der Waals surface area contributed by atoms with Gasteiger partial charge < -0.3 is 25.0 Å². The van der Waals surface area contributed by atoms with Crippen LogP contribution in [0.5, 0.6) is 0 Å². The molecule has 1 saturated carbocycles. The number of carbonyl (C=O) groups is 2. The number of rotatable bonds is 14. The molecule has 1 heterocycles. The Hall–Kier alpha value is -3.16. The summed E-state index contributed by atoms with van der Waals surface area (Å²) in [6, 6.07) is 13.1. The van der Waals surface area contributed by atoms with Gasteiger partial charge in [-0.25, -0.2) is 0 Å². The molecule has 5 unspecified atom stereocenters. The normalized spacial score (nSPS) is 21.4. The van der Waals surface area contributed by atoms with Gasteiger partial charge in [0.2, 0.25) is 12.3 Å². The van der Waals surface area contributed by atoms with E-state index in [1.54, 1.807) is 18.9 Å². The highest BCUT2D eigenvalue weighted by Crippen LogP contribution is 2.42. The molecule has 2 aliphatic rings. The molecule has 43 heavy (non-hydrogen) atoms. The second-order valence-electron chi connectivity index (χ2n) is 12.5. The SMILES string of the molecule is CCCc1cc(C)ccc1C1CCc2ccc(C(O)NC=O)cc2N(CC2CCC2C(/C=C/CCN(C)C(C)=O)OC)C1. The van der Waals surface area contributed by atoms with Crippen LogP contribution in [0.1, 0.15) is 85.9 Å². The molecule has 0 aromatic heterocycles. The average molecular weight is 590 g/mol. The van der Waals surface area contributed by atoms with Gasteiger partial charge in [0.05, 0.1) is 6.10 Å². The van der Waals surface area contributed by atoms with Gasteiger partial charge in [0.1, 0.15) is 0 Å². The first kappa shape index (κ1) is 32.7. The maximum absolute atomic E-state index is 11.5. The third kappa shape index (κ3) is 8.27. The van der Waals surface area contributed by atoms with Crippen LogP contribution in [0.3, 0.4) is 0 Å². The van der Waals surface area contributed by atoms with Crippen molar-refractivity contribution in [1.29, 1.82) is 0 Å². The Morgan fingerprint density at radius 3 is 2.70 bits per heavy atom. The molecule has 4 rings (SSSR count). The number of carbonyl (C=O) groups excluding carboxylic acids is 2. The first-order valence-electron chi connectivity index (χ1n) is 16.0. The number of aliphatic hydroxyl groups is 1.